The molecule has 0 N–H and O–H groups in total. The smallest absolute Gasteiger partial charge is 0.230 e. The Kier molecular flexibility index (Phi) is 16.0. The van der Waals surface area contributed by atoms with Crippen molar-refractivity contribution in [3.8, 4) is 0 Å². The largest absolute Gasteiger partial charge is 0.415 e. The molecule has 5 heteroatoms. The van der Waals surface area contributed by atoms with Crippen molar-refractivity contribution in [2.45, 2.75) is 91.2 Å². The molecule has 0 heterocycles. The van der Waals surface area contributed by atoms with Gasteiger partial charge < -0.3 is 4.43 Å². The summed E-state index contributed by atoms with van der Waals surface area (Å²) in [5.74, 6) is 0.668. The van der Waals surface area contributed by atoms with Crippen molar-refractivity contribution in [1.82, 2.24) is 9.80 Å². The van der Waals surface area contributed by atoms with Crippen LogP contribution in [0.25, 0.3) is 0 Å². The fourth-order valence-electron chi connectivity index (χ4n) is 2.76. The lowest BCUT2D eigenvalue weighted by atomic mass is 10.2. The van der Waals surface area contributed by atoms with Gasteiger partial charge in [0.25, 0.3) is 0 Å². The molecule has 3 nitrogen and oxygen atoms in total. The maximum atomic E-state index is 5.62. The summed E-state index contributed by atoms with van der Waals surface area (Å²) in [6.45, 7) is 18.1. The molecule has 0 aliphatic rings. The Balaban J connectivity index is 3.86. The first-order valence-corrected chi connectivity index (χ1v) is 12.1. The predicted molar refractivity (Wildman–Crippen MR) is 105 cm³/mol. The van der Waals surface area contributed by atoms with Gasteiger partial charge in [0, 0.05) is 11.9 Å². The highest BCUT2D eigenvalue weighted by molar-refractivity contribution is 6.37. The van der Waals surface area contributed by atoms with Crippen LogP contribution in [0.2, 0.25) is 12.1 Å². The van der Waals surface area contributed by atoms with Gasteiger partial charge in [-0.15, -0.1) is 0 Å². The number of hydrogen-bond acceptors (Lipinski definition) is 3. The van der Waals surface area contributed by atoms with Crippen molar-refractivity contribution in [2.75, 3.05) is 26.2 Å². The molecule has 0 aliphatic carbocycles. The fraction of sp³-hybridized carbons (Fsp3) is 1.00. The van der Waals surface area contributed by atoms with Crippen LogP contribution in [-0.2, 0) is 4.43 Å². The summed E-state index contributed by atoms with van der Waals surface area (Å²) in [5, 5.41) is 0. The van der Waals surface area contributed by atoms with Crippen LogP contribution < -0.4 is 0 Å². The molecule has 0 atom stereocenters. The third-order valence-corrected chi connectivity index (χ3v) is 7.10. The van der Waals surface area contributed by atoms with Crippen molar-refractivity contribution in [3.05, 3.63) is 0 Å². The second kappa shape index (κ2) is 15.8. The summed E-state index contributed by atoms with van der Waals surface area (Å²) in [6, 6.07) is 2.64. The molecule has 0 amide bonds. The molecule has 0 unspecified atom stereocenters. The lowest BCUT2D eigenvalue weighted by Gasteiger charge is -2.38. The molecule has 0 saturated carbocycles. The summed E-state index contributed by atoms with van der Waals surface area (Å²) in [7, 11) is 1.75. The van der Waals surface area contributed by atoms with Crippen LogP contribution in [0, 0.1) is 0 Å². The SMILES string of the molecule is CCN(CC)C([Si]CCCCCC[Si]OC(C)C)N(CC)CC. The van der Waals surface area contributed by atoms with Gasteiger partial charge >= 0.3 is 0 Å². The molecule has 136 valence electrons. The van der Waals surface area contributed by atoms with Crippen LogP contribution in [-0.4, -0.2) is 67.2 Å². The van der Waals surface area contributed by atoms with Gasteiger partial charge in [-0.2, -0.15) is 0 Å². The van der Waals surface area contributed by atoms with Crippen molar-refractivity contribution >= 4 is 19.3 Å². The van der Waals surface area contributed by atoms with E-state index < -0.39 is 0 Å². The van der Waals surface area contributed by atoms with E-state index in [0.717, 1.165) is 9.52 Å². The van der Waals surface area contributed by atoms with Crippen molar-refractivity contribution in [2.24, 2.45) is 0 Å². The van der Waals surface area contributed by atoms with Crippen molar-refractivity contribution < 1.29 is 4.43 Å². The minimum absolute atomic E-state index is 0.395. The molecular weight excluding hydrogens is 316 g/mol. The average molecular weight is 357 g/mol. The van der Waals surface area contributed by atoms with Gasteiger partial charge in [-0.25, -0.2) is 0 Å². The minimum Gasteiger partial charge on any atom is -0.415 e. The average Bonchev–Trinajstić information content (AvgIpc) is 2.54. The first-order valence-electron chi connectivity index (χ1n) is 9.70. The summed E-state index contributed by atoms with van der Waals surface area (Å²) >= 11 is 0. The molecule has 4 radical (unpaired) electrons. The Labute approximate surface area is 151 Å². The van der Waals surface area contributed by atoms with Gasteiger partial charge in [-0.05, 0) is 46.1 Å². The van der Waals surface area contributed by atoms with E-state index in [9.17, 15) is 0 Å². The topological polar surface area (TPSA) is 15.7 Å². The van der Waals surface area contributed by atoms with E-state index in [0.29, 0.717) is 21.7 Å². The monoisotopic (exact) mass is 356 g/mol. The Morgan fingerprint density at radius 2 is 1.22 bits per heavy atom. The summed E-state index contributed by atoms with van der Waals surface area (Å²) < 4.78 is 5.62. The van der Waals surface area contributed by atoms with Gasteiger partial charge in [-0.3, -0.25) is 9.80 Å². The van der Waals surface area contributed by atoms with E-state index in [1.807, 2.05) is 0 Å². The molecule has 23 heavy (non-hydrogen) atoms. The van der Waals surface area contributed by atoms with E-state index in [4.69, 9.17) is 4.43 Å². The lowest BCUT2D eigenvalue weighted by molar-refractivity contribution is 0.114. The number of unbranched alkanes of at least 4 members (excludes halogenated alkanes) is 3. The van der Waals surface area contributed by atoms with Gasteiger partial charge in [0.1, 0.15) is 0 Å². The lowest BCUT2D eigenvalue weighted by Crippen LogP contribution is -2.51. The molecule has 0 aliphatic heterocycles. The molecule has 0 fully saturated rings. The predicted octanol–water partition coefficient (Wildman–Crippen LogP) is 4.10. The highest BCUT2D eigenvalue weighted by Crippen LogP contribution is 2.11. The molecule has 0 aromatic heterocycles. The van der Waals surface area contributed by atoms with E-state index in [1.54, 1.807) is 0 Å². The number of rotatable bonds is 16. The molecule has 0 aromatic rings. The minimum atomic E-state index is 0.395. The fourth-order valence-corrected chi connectivity index (χ4v) is 5.57. The standard InChI is InChI=1S/C18H40N2OSi2/c1-7-19(8-2)18(20(9-3)10-4)22-15-13-11-12-14-16-23-21-17(5)6/h17-18H,7-16H2,1-6H3. The molecule has 0 rings (SSSR count). The normalized spacial score (nSPS) is 12.3. The maximum Gasteiger partial charge on any atom is 0.230 e. The maximum absolute atomic E-state index is 5.62. The first-order chi connectivity index (χ1) is 11.1. The Hall–Kier alpha value is 0.314. The van der Waals surface area contributed by atoms with Crippen molar-refractivity contribution in [3.63, 3.8) is 0 Å². The van der Waals surface area contributed by atoms with Crippen molar-refractivity contribution in [1.29, 1.82) is 0 Å². The van der Waals surface area contributed by atoms with Gasteiger partial charge in [0.2, 0.25) is 9.76 Å². The van der Waals surface area contributed by atoms with Gasteiger partial charge in [0.15, 0.2) is 0 Å². The third kappa shape index (κ3) is 11.5. The van der Waals surface area contributed by atoms with Crippen LogP contribution in [0.5, 0.6) is 0 Å². The second-order valence-electron chi connectivity index (χ2n) is 6.25. The van der Waals surface area contributed by atoms with Gasteiger partial charge in [0.05, 0.1) is 9.52 Å². The third-order valence-electron chi connectivity index (χ3n) is 4.17. The number of nitrogens with zero attached hydrogens (tertiary/aromatic N) is 2. The molecule has 0 bridgehead atoms. The zero-order valence-corrected chi connectivity index (χ0v) is 18.5. The van der Waals surface area contributed by atoms with E-state index in [-0.39, 0.29) is 0 Å². The Morgan fingerprint density at radius 3 is 1.65 bits per heavy atom. The van der Waals surface area contributed by atoms with Crippen LogP contribution in [0.15, 0.2) is 0 Å². The highest BCUT2D eigenvalue weighted by atomic mass is 28.2. The summed E-state index contributed by atoms with van der Waals surface area (Å²) in [4.78, 5) is 5.27. The number of hydrogen-bond donors (Lipinski definition) is 0. The first kappa shape index (κ1) is 23.3. The summed E-state index contributed by atoms with van der Waals surface area (Å²) in [6.07, 6.45) is 5.89. The highest BCUT2D eigenvalue weighted by Gasteiger charge is 2.20. The molecular formula is C18H40N2OSi2. The van der Waals surface area contributed by atoms with Crippen LogP contribution >= 0.6 is 0 Å². The molecule has 0 saturated heterocycles. The van der Waals surface area contributed by atoms with E-state index in [1.165, 1.54) is 64.0 Å². The quantitative estimate of drug-likeness (QED) is 0.235. The zero-order valence-electron chi connectivity index (χ0n) is 16.5. The van der Waals surface area contributed by atoms with Crippen LogP contribution in [0.4, 0.5) is 0 Å². The Bertz CT molecular complexity index is 235. The van der Waals surface area contributed by atoms with Gasteiger partial charge in [-0.1, -0.05) is 59.4 Å². The second-order valence-corrected chi connectivity index (χ2v) is 8.69. The van der Waals surface area contributed by atoms with Crippen LogP contribution in [0.3, 0.4) is 0 Å². The van der Waals surface area contributed by atoms with E-state index in [2.05, 4.69) is 51.3 Å². The molecule has 0 aromatic carbocycles. The molecule has 0 spiro atoms. The van der Waals surface area contributed by atoms with E-state index >= 15 is 0 Å². The zero-order chi connectivity index (χ0) is 17.5. The van der Waals surface area contributed by atoms with Crippen LogP contribution in [0.1, 0.15) is 67.2 Å². The summed E-state index contributed by atoms with van der Waals surface area (Å²) in [5.41, 5.74) is 0. The Morgan fingerprint density at radius 1 is 0.739 bits per heavy atom.